The topological polar surface area (TPSA) is 58.6 Å². The number of hydrogen-bond acceptors (Lipinski definition) is 3. The molecule has 0 unspecified atom stereocenters. The second-order valence-electron chi connectivity index (χ2n) is 5.41. The second-order valence-corrected chi connectivity index (χ2v) is 6.26. The molecule has 0 aliphatic carbocycles. The number of carbonyl (C=O) groups excluding carboxylic acids is 2. The molecular weight excluding hydrogens is 339 g/mol. The number of halogens is 2. The van der Waals surface area contributed by atoms with Crippen molar-refractivity contribution in [2.45, 2.75) is 19.8 Å². The lowest BCUT2D eigenvalue weighted by Gasteiger charge is -2.31. The van der Waals surface area contributed by atoms with Crippen LogP contribution in [0.3, 0.4) is 0 Å². The van der Waals surface area contributed by atoms with Crippen LogP contribution >= 0.6 is 23.2 Å². The lowest BCUT2D eigenvalue weighted by atomic mass is 9.96. The molecule has 1 aromatic carbocycles. The van der Waals surface area contributed by atoms with E-state index in [1.54, 1.807) is 23.1 Å². The molecule has 0 spiro atoms. The van der Waals surface area contributed by atoms with E-state index >= 15 is 0 Å². The summed E-state index contributed by atoms with van der Waals surface area (Å²) in [6.45, 7) is 3.59. The van der Waals surface area contributed by atoms with Crippen LogP contribution in [-0.4, -0.2) is 43.0 Å². The Balaban J connectivity index is 1.80. The van der Waals surface area contributed by atoms with Crippen LogP contribution in [0.1, 0.15) is 19.8 Å². The first kappa shape index (κ1) is 17.9. The van der Waals surface area contributed by atoms with Gasteiger partial charge >= 0.3 is 0 Å². The number of nitrogens with one attached hydrogen (secondary N) is 1. The predicted octanol–water partition coefficient (Wildman–Crippen LogP) is 2.75. The van der Waals surface area contributed by atoms with Crippen LogP contribution in [0.4, 0.5) is 0 Å². The zero-order valence-electron chi connectivity index (χ0n) is 13.0. The van der Waals surface area contributed by atoms with E-state index in [9.17, 15) is 9.59 Å². The minimum atomic E-state index is -0.106. The Hall–Kier alpha value is -1.46. The molecule has 5 nitrogen and oxygen atoms in total. The van der Waals surface area contributed by atoms with Crippen molar-refractivity contribution in [3.8, 4) is 5.75 Å². The van der Waals surface area contributed by atoms with E-state index in [1.807, 2.05) is 6.92 Å². The molecule has 1 fully saturated rings. The Kier molecular flexibility index (Phi) is 6.54. The van der Waals surface area contributed by atoms with Gasteiger partial charge in [0.15, 0.2) is 6.61 Å². The van der Waals surface area contributed by atoms with Crippen molar-refractivity contribution in [3.63, 3.8) is 0 Å². The normalized spacial score (nSPS) is 15.3. The Morgan fingerprint density at radius 2 is 2.00 bits per heavy atom. The van der Waals surface area contributed by atoms with E-state index in [0.717, 1.165) is 0 Å². The van der Waals surface area contributed by atoms with E-state index in [2.05, 4.69) is 5.32 Å². The summed E-state index contributed by atoms with van der Waals surface area (Å²) in [7, 11) is 0. The summed E-state index contributed by atoms with van der Waals surface area (Å²) in [6.07, 6.45) is 1.36. The molecule has 23 heavy (non-hydrogen) atoms. The summed E-state index contributed by atoms with van der Waals surface area (Å²) >= 11 is 11.8. The Bertz CT molecular complexity index is 572. The van der Waals surface area contributed by atoms with Crippen molar-refractivity contribution < 1.29 is 14.3 Å². The molecule has 126 valence electrons. The number of rotatable bonds is 5. The van der Waals surface area contributed by atoms with Crippen LogP contribution in [0.5, 0.6) is 5.75 Å². The molecule has 1 aliphatic rings. The minimum absolute atomic E-state index is 0.00868. The zero-order valence-corrected chi connectivity index (χ0v) is 14.5. The van der Waals surface area contributed by atoms with Gasteiger partial charge in [0.2, 0.25) is 5.91 Å². The van der Waals surface area contributed by atoms with Crippen molar-refractivity contribution in [2.24, 2.45) is 5.92 Å². The number of hydrogen-bond donors (Lipinski definition) is 1. The number of piperidine rings is 1. The predicted molar refractivity (Wildman–Crippen MR) is 89.9 cm³/mol. The number of nitrogens with zero attached hydrogens (tertiary/aromatic N) is 1. The highest BCUT2D eigenvalue weighted by atomic mass is 35.5. The zero-order chi connectivity index (χ0) is 16.8. The van der Waals surface area contributed by atoms with E-state index in [1.165, 1.54) is 0 Å². The number of carbonyl (C=O) groups is 2. The minimum Gasteiger partial charge on any atom is -0.482 e. The van der Waals surface area contributed by atoms with Gasteiger partial charge in [0, 0.05) is 30.6 Å². The van der Waals surface area contributed by atoms with Crippen molar-refractivity contribution in [1.82, 2.24) is 10.2 Å². The van der Waals surface area contributed by atoms with E-state index in [-0.39, 0.29) is 24.3 Å². The van der Waals surface area contributed by atoms with Crippen LogP contribution in [0.15, 0.2) is 18.2 Å². The SMILES string of the molecule is CCNC(=O)C1CCN(C(=O)COc2ccc(Cl)cc2Cl)CC1. The molecule has 7 heteroatoms. The molecule has 1 N–H and O–H groups in total. The second kappa shape index (κ2) is 8.41. The fourth-order valence-electron chi connectivity index (χ4n) is 2.53. The maximum absolute atomic E-state index is 12.2. The molecule has 0 radical (unpaired) electrons. The first-order chi connectivity index (χ1) is 11.0. The molecule has 1 aromatic rings. The Morgan fingerprint density at radius 1 is 1.30 bits per heavy atom. The standard InChI is InChI=1S/C16H20Cl2N2O3/c1-2-19-16(22)11-5-7-20(8-6-11)15(21)10-23-14-4-3-12(17)9-13(14)18/h3-4,9,11H,2,5-8,10H2,1H3,(H,19,22). The van der Waals surface area contributed by atoms with Crippen molar-refractivity contribution in [2.75, 3.05) is 26.2 Å². The molecule has 0 aromatic heterocycles. The highest BCUT2D eigenvalue weighted by Crippen LogP contribution is 2.27. The fraction of sp³-hybridized carbons (Fsp3) is 0.500. The van der Waals surface area contributed by atoms with Crippen LogP contribution < -0.4 is 10.1 Å². The van der Waals surface area contributed by atoms with Gasteiger partial charge in [0.05, 0.1) is 5.02 Å². The first-order valence-corrected chi connectivity index (χ1v) is 8.40. The van der Waals surface area contributed by atoms with Gasteiger partial charge in [-0.2, -0.15) is 0 Å². The Labute approximate surface area is 145 Å². The summed E-state index contributed by atoms with van der Waals surface area (Å²) in [5.41, 5.74) is 0. The highest BCUT2D eigenvalue weighted by molar-refractivity contribution is 6.35. The molecule has 1 saturated heterocycles. The van der Waals surface area contributed by atoms with Gasteiger partial charge in [-0.25, -0.2) is 0 Å². The summed E-state index contributed by atoms with van der Waals surface area (Å²) in [6, 6.07) is 4.87. The summed E-state index contributed by atoms with van der Waals surface area (Å²) < 4.78 is 5.46. The van der Waals surface area contributed by atoms with Crippen molar-refractivity contribution in [3.05, 3.63) is 28.2 Å². The van der Waals surface area contributed by atoms with Gasteiger partial charge < -0.3 is 15.0 Å². The third kappa shape index (κ3) is 5.01. The molecule has 1 aliphatic heterocycles. The number of ether oxygens (including phenoxy) is 1. The molecule has 0 saturated carbocycles. The van der Waals surface area contributed by atoms with Gasteiger partial charge in [-0.3, -0.25) is 9.59 Å². The highest BCUT2D eigenvalue weighted by Gasteiger charge is 2.27. The third-order valence-electron chi connectivity index (χ3n) is 3.81. The quantitative estimate of drug-likeness (QED) is 0.880. The third-order valence-corrected chi connectivity index (χ3v) is 4.35. The summed E-state index contributed by atoms with van der Waals surface area (Å²) in [4.78, 5) is 25.7. The summed E-state index contributed by atoms with van der Waals surface area (Å²) in [5.74, 6) is 0.390. The number of likely N-dealkylation sites (tertiary alicyclic amines) is 1. The monoisotopic (exact) mass is 358 g/mol. The molecule has 2 amide bonds. The molecule has 0 bridgehead atoms. The van der Waals surface area contributed by atoms with Crippen LogP contribution in [0, 0.1) is 5.92 Å². The molecule has 1 heterocycles. The van der Waals surface area contributed by atoms with E-state index in [4.69, 9.17) is 27.9 Å². The van der Waals surface area contributed by atoms with Crippen LogP contribution in [-0.2, 0) is 9.59 Å². The smallest absolute Gasteiger partial charge is 0.260 e. The van der Waals surface area contributed by atoms with Gasteiger partial charge in [0.25, 0.3) is 5.91 Å². The van der Waals surface area contributed by atoms with Gasteiger partial charge in [-0.15, -0.1) is 0 Å². The average molecular weight is 359 g/mol. The average Bonchev–Trinajstić information content (AvgIpc) is 2.54. The number of benzene rings is 1. The molecule has 0 atom stereocenters. The van der Waals surface area contributed by atoms with Crippen LogP contribution in [0.2, 0.25) is 10.0 Å². The van der Waals surface area contributed by atoms with Gasteiger partial charge in [-0.1, -0.05) is 23.2 Å². The van der Waals surface area contributed by atoms with Crippen molar-refractivity contribution >= 4 is 35.0 Å². The maximum atomic E-state index is 12.2. The fourth-order valence-corrected chi connectivity index (χ4v) is 3.00. The van der Waals surface area contributed by atoms with Gasteiger partial charge in [-0.05, 0) is 38.0 Å². The van der Waals surface area contributed by atoms with E-state index < -0.39 is 0 Å². The lowest BCUT2D eigenvalue weighted by Crippen LogP contribution is -2.44. The van der Waals surface area contributed by atoms with Crippen LogP contribution in [0.25, 0.3) is 0 Å². The van der Waals surface area contributed by atoms with Crippen molar-refractivity contribution in [1.29, 1.82) is 0 Å². The van der Waals surface area contributed by atoms with E-state index in [0.29, 0.717) is 48.3 Å². The summed E-state index contributed by atoms with van der Waals surface area (Å²) in [5, 5.41) is 3.71. The molecular formula is C16H20Cl2N2O3. The number of amides is 2. The maximum Gasteiger partial charge on any atom is 0.260 e. The molecule has 2 rings (SSSR count). The largest absolute Gasteiger partial charge is 0.482 e. The Morgan fingerprint density at radius 3 is 2.61 bits per heavy atom. The first-order valence-electron chi connectivity index (χ1n) is 7.64. The van der Waals surface area contributed by atoms with Gasteiger partial charge in [0.1, 0.15) is 5.75 Å². The lowest BCUT2D eigenvalue weighted by molar-refractivity contribution is -0.137.